The van der Waals surface area contributed by atoms with Crippen molar-refractivity contribution in [1.82, 2.24) is 24.1 Å². The fourth-order valence-corrected chi connectivity index (χ4v) is 8.31. The maximum absolute atomic E-state index is 14.3. The molecule has 2 aliphatic rings. The SMILES string of the molecule is COC(=O)CSc1cc(N=c2sc(=O)n3n2CCCC3)c(F)cc1Cl.Cc1cc(C)nc(NC(=O)NS(=O)(=O)c2ccccc2CC2COC2)n1. The van der Waals surface area contributed by atoms with Gasteiger partial charge in [0.2, 0.25) is 10.7 Å². The summed E-state index contributed by atoms with van der Waals surface area (Å²) in [7, 11) is -2.72. The van der Waals surface area contributed by atoms with Gasteiger partial charge >= 0.3 is 16.9 Å². The lowest BCUT2D eigenvalue weighted by Gasteiger charge is -2.26. The summed E-state index contributed by atoms with van der Waals surface area (Å²) in [6, 6.07) is 10.1. The second kappa shape index (κ2) is 16.9. The third-order valence-corrected chi connectivity index (χ3v) is 11.3. The Hall–Kier alpha value is -4.10. The summed E-state index contributed by atoms with van der Waals surface area (Å²) in [6.45, 7) is 6.08. The van der Waals surface area contributed by atoms with Crippen molar-refractivity contribution in [3.8, 4) is 0 Å². The van der Waals surface area contributed by atoms with Crippen LogP contribution in [0.3, 0.4) is 0 Å². The number of methoxy groups -OCH3 is 1. The number of nitrogens with zero attached hydrogens (tertiary/aromatic N) is 5. The van der Waals surface area contributed by atoms with Gasteiger partial charge in [0.05, 0.1) is 36.0 Å². The molecule has 1 fully saturated rings. The van der Waals surface area contributed by atoms with Crippen molar-refractivity contribution in [1.29, 1.82) is 0 Å². The lowest BCUT2D eigenvalue weighted by atomic mass is 9.98. The second-order valence-electron chi connectivity index (χ2n) is 11.6. The monoisotopic (exact) mass is 779 g/mol. The third-order valence-electron chi connectivity index (χ3n) is 7.59. The zero-order valence-corrected chi connectivity index (χ0v) is 31.1. The summed E-state index contributed by atoms with van der Waals surface area (Å²) in [5.74, 6) is -0.577. The molecule has 2 aromatic heterocycles. The number of hydrogen-bond donors (Lipinski definition) is 2. The summed E-state index contributed by atoms with van der Waals surface area (Å²) in [6.07, 6.45) is 2.48. The average molecular weight is 780 g/mol. The number of carbonyl (C=O) groups is 2. The molecule has 2 amide bonds. The smallest absolute Gasteiger partial charge is 0.335 e. The molecule has 2 aromatic carbocycles. The number of rotatable bonds is 9. The fraction of sp³-hybridized carbons (Fsp3) is 0.375. The summed E-state index contributed by atoms with van der Waals surface area (Å²) in [5.41, 5.74) is 2.08. The Morgan fingerprint density at radius 2 is 1.80 bits per heavy atom. The molecule has 0 spiro atoms. The van der Waals surface area contributed by atoms with Crippen LogP contribution in [0.1, 0.15) is 29.8 Å². The zero-order valence-electron chi connectivity index (χ0n) is 27.9. The van der Waals surface area contributed by atoms with Gasteiger partial charge in [-0.15, -0.1) is 11.8 Å². The maximum Gasteiger partial charge on any atom is 0.335 e. The number of aromatic nitrogens is 4. The minimum Gasteiger partial charge on any atom is -0.468 e. The number of halogens is 2. The molecular formula is C32H35ClFN7O7S3. The Kier molecular flexibility index (Phi) is 12.7. The standard InChI is InChI=1S/C17H20N4O4S.C15H15ClFN3O3S2/c1-11-7-12(2)19-16(18-11)20-17(22)21-26(23,24)15-6-4-3-5-14(15)8-13-9-25-10-13;1-23-13(21)8-24-12-7-11(10(17)6-9(12)16)18-14-19-4-2-3-5-20(19)15(22)25-14/h3-7,13H,8-10H2,1-2H3,(H2,18,19,20,21,22);6-7H,2-5,8H2,1H3. The van der Waals surface area contributed by atoms with Crippen LogP contribution in [0.15, 0.2) is 62.0 Å². The fourth-order valence-electron chi connectivity index (χ4n) is 5.16. The number of aryl methyl sites for hydroxylation is 2. The molecule has 0 atom stereocenters. The second-order valence-corrected chi connectivity index (χ2v) is 15.6. The van der Waals surface area contributed by atoms with E-state index in [4.69, 9.17) is 16.3 Å². The molecule has 0 radical (unpaired) electrons. The van der Waals surface area contributed by atoms with E-state index in [0.717, 1.165) is 42.0 Å². The van der Waals surface area contributed by atoms with Gasteiger partial charge in [-0.1, -0.05) is 29.8 Å². The number of fused-ring (bicyclic) bond motifs is 1. The van der Waals surface area contributed by atoms with Crippen LogP contribution in [0.25, 0.3) is 0 Å². The normalized spacial score (nSPS) is 14.5. The summed E-state index contributed by atoms with van der Waals surface area (Å²) in [4.78, 5) is 48.8. The highest BCUT2D eigenvalue weighted by Gasteiger charge is 2.25. The van der Waals surface area contributed by atoms with Crippen molar-refractivity contribution in [3.05, 3.63) is 84.7 Å². The van der Waals surface area contributed by atoms with Crippen molar-refractivity contribution in [3.63, 3.8) is 0 Å². The van der Waals surface area contributed by atoms with Crippen molar-refractivity contribution in [2.24, 2.45) is 10.9 Å². The Morgan fingerprint density at radius 1 is 1.12 bits per heavy atom. The number of ether oxygens (including phenoxy) is 2. The van der Waals surface area contributed by atoms with Gasteiger partial charge in [0.15, 0.2) is 0 Å². The van der Waals surface area contributed by atoms with Crippen LogP contribution in [-0.2, 0) is 43.8 Å². The third kappa shape index (κ3) is 10.0. The van der Waals surface area contributed by atoms with E-state index >= 15 is 0 Å². The molecule has 272 valence electrons. The Balaban J connectivity index is 0.000000198. The number of esters is 1. The molecule has 0 saturated carbocycles. The van der Waals surface area contributed by atoms with Crippen LogP contribution < -0.4 is 19.7 Å². The van der Waals surface area contributed by atoms with E-state index < -0.39 is 27.8 Å². The highest BCUT2D eigenvalue weighted by Crippen LogP contribution is 2.33. The first kappa shape index (κ1) is 38.1. The van der Waals surface area contributed by atoms with Crippen molar-refractivity contribution in [2.45, 2.75) is 56.0 Å². The molecule has 4 heterocycles. The van der Waals surface area contributed by atoms with E-state index in [1.165, 1.54) is 19.2 Å². The van der Waals surface area contributed by atoms with Gasteiger partial charge in [-0.3, -0.25) is 19.6 Å². The van der Waals surface area contributed by atoms with E-state index in [9.17, 15) is 27.2 Å². The van der Waals surface area contributed by atoms with Gasteiger partial charge in [0, 0.05) is 35.3 Å². The van der Waals surface area contributed by atoms with E-state index in [2.05, 4.69) is 25.0 Å². The van der Waals surface area contributed by atoms with Gasteiger partial charge < -0.3 is 9.47 Å². The van der Waals surface area contributed by atoms with Crippen LogP contribution in [0.5, 0.6) is 0 Å². The first-order valence-corrected chi connectivity index (χ1v) is 19.3. The van der Waals surface area contributed by atoms with Gasteiger partial charge in [-0.25, -0.2) is 42.0 Å². The van der Waals surface area contributed by atoms with Crippen molar-refractivity contribution >= 4 is 68.4 Å². The Labute approximate surface area is 306 Å². The number of hydrogen-bond acceptors (Lipinski definition) is 12. The number of benzene rings is 2. The number of sulfonamides is 1. The van der Waals surface area contributed by atoms with Crippen molar-refractivity contribution < 1.29 is 31.9 Å². The highest BCUT2D eigenvalue weighted by molar-refractivity contribution is 8.00. The first-order valence-electron chi connectivity index (χ1n) is 15.7. The number of carbonyl (C=O) groups excluding carboxylic acids is 2. The van der Waals surface area contributed by atoms with Crippen LogP contribution >= 0.6 is 34.7 Å². The first-order chi connectivity index (χ1) is 24.3. The molecule has 1 saturated heterocycles. The van der Waals surface area contributed by atoms with Crippen molar-refractivity contribution in [2.75, 3.05) is 31.4 Å². The number of urea groups is 1. The van der Waals surface area contributed by atoms with Crippen LogP contribution in [0, 0.1) is 25.6 Å². The maximum atomic E-state index is 14.3. The predicted octanol–water partition coefficient (Wildman–Crippen LogP) is 4.59. The van der Waals surface area contributed by atoms with E-state index in [1.807, 2.05) is 4.72 Å². The number of nitrogens with one attached hydrogen (secondary N) is 2. The van der Waals surface area contributed by atoms with E-state index in [1.54, 1.807) is 47.5 Å². The van der Waals surface area contributed by atoms with Gasteiger partial charge in [0.1, 0.15) is 11.5 Å². The molecule has 2 N–H and O–H groups in total. The van der Waals surface area contributed by atoms with E-state index in [-0.39, 0.29) is 32.2 Å². The molecule has 51 heavy (non-hydrogen) atoms. The number of amides is 2. The Bertz CT molecular complexity index is 2150. The van der Waals surface area contributed by atoms with Gasteiger partial charge in [0.25, 0.3) is 10.0 Å². The largest absolute Gasteiger partial charge is 0.468 e. The summed E-state index contributed by atoms with van der Waals surface area (Å²) < 4.78 is 54.7. The van der Waals surface area contributed by atoms with Crippen LogP contribution in [0.4, 0.5) is 20.8 Å². The molecular weight excluding hydrogens is 745 g/mol. The minimum absolute atomic E-state index is 0.0510. The molecule has 0 bridgehead atoms. The molecule has 14 nitrogen and oxygen atoms in total. The molecule has 4 aromatic rings. The lowest BCUT2D eigenvalue weighted by Crippen LogP contribution is -2.36. The molecule has 0 unspecified atom stereocenters. The minimum atomic E-state index is -4.02. The molecule has 2 aliphatic heterocycles. The molecule has 6 rings (SSSR count). The van der Waals surface area contributed by atoms with Gasteiger partial charge in [-0.2, -0.15) is 0 Å². The van der Waals surface area contributed by atoms with Crippen LogP contribution in [-0.4, -0.2) is 65.8 Å². The predicted molar refractivity (Wildman–Crippen MR) is 190 cm³/mol. The Morgan fingerprint density at radius 3 is 2.47 bits per heavy atom. The number of anilines is 1. The highest BCUT2D eigenvalue weighted by atomic mass is 35.5. The summed E-state index contributed by atoms with van der Waals surface area (Å²) in [5, 5.41) is 2.56. The quantitative estimate of drug-likeness (QED) is 0.181. The number of thioether (sulfide) groups is 1. The molecule has 19 heteroatoms. The topological polar surface area (TPSA) is 176 Å². The zero-order chi connectivity index (χ0) is 36.7. The van der Waals surface area contributed by atoms with Gasteiger partial charge in [-0.05, 0) is 74.3 Å². The average Bonchev–Trinajstić information content (AvgIpc) is 3.37. The lowest BCUT2D eigenvalue weighted by molar-refractivity contribution is -0.137. The van der Waals surface area contributed by atoms with Crippen LogP contribution in [0.2, 0.25) is 5.02 Å². The van der Waals surface area contributed by atoms with E-state index in [0.29, 0.717) is 65.3 Å². The molecule has 0 aliphatic carbocycles. The summed E-state index contributed by atoms with van der Waals surface area (Å²) >= 11 is 8.17.